The number of halogens is 1. The molecule has 2 N–H and O–H groups in total. The van der Waals surface area contributed by atoms with Crippen molar-refractivity contribution in [3.05, 3.63) is 47.8 Å². The molecule has 1 aromatic carbocycles. The molecule has 1 unspecified atom stereocenters. The van der Waals surface area contributed by atoms with Gasteiger partial charge in [-0.05, 0) is 44.0 Å². The number of Topliss-reactive ketones (excluding diaryl/α,β-unsaturated/α-hetero) is 1. The van der Waals surface area contributed by atoms with Gasteiger partial charge in [0.25, 0.3) is 0 Å². The number of pyridine rings is 1. The fourth-order valence-corrected chi connectivity index (χ4v) is 2.15. The van der Waals surface area contributed by atoms with E-state index in [1.807, 2.05) is 0 Å². The average Bonchev–Trinajstić information content (AvgIpc) is 2.47. The molecule has 0 bridgehead atoms. The summed E-state index contributed by atoms with van der Waals surface area (Å²) in [6.07, 6.45) is 1.96. The highest BCUT2D eigenvalue weighted by Crippen LogP contribution is 2.30. The van der Waals surface area contributed by atoms with Gasteiger partial charge in [0, 0.05) is 23.0 Å². The normalized spacial score (nSPS) is 13.7. The Morgan fingerprint density at radius 1 is 1.33 bits per heavy atom. The number of benzene rings is 1. The molecule has 0 amide bonds. The molecule has 0 aliphatic carbocycles. The Morgan fingerprint density at radius 2 is 2.05 bits per heavy atom. The zero-order chi connectivity index (χ0) is 15.6. The standard InChI is InChI=1S/C17H19FN2O/c1-4-17(3,18)16-8-5-12(10-20-16)14-7-6-13(19)9-15(14)11(2)21/h5-10H,4,19H2,1-3H3. The van der Waals surface area contributed by atoms with Gasteiger partial charge in [0.1, 0.15) is 5.67 Å². The highest BCUT2D eigenvalue weighted by molar-refractivity contribution is 6.01. The molecule has 4 heteroatoms. The lowest BCUT2D eigenvalue weighted by atomic mass is 9.96. The van der Waals surface area contributed by atoms with Crippen LogP contribution in [-0.4, -0.2) is 10.8 Å². The Balaban J connectivity index is 2.47. The van der Waals surface area contributed by atoms with Crippen molar-refractivity contribution in [2.75, 3.05) is 5.73 Å². The number of rotatable bonds is 4. The van der Waals surface area contributed by atoms with Crippen LogP contribution < -0.4 is 5.73 Å². The third-order valence-electron chi connectivity index (χ3n) is 3.70. The summed E-state index contributed by atoms with van der Waals surface area (Å²) in [4.78, 5) is 15.9. The summed E-state index contributed by atoms with van der Waals surface area (Å²) in [6, 6.07) is 8.63. The molecule has 0 spiro atoms. The fraction of sp³-hybridized carbons (Fsp3) is 0.294. The number of alkyl halides is 1. The van der Waals surface area contributed by atoms with E-state index < -0.39 is 5.67 Å². The number of carbonyl (C=O) groups is 1. The van der Waals surface area contributed by atoms with Crippen LogP contribution in [0.4, 0.5) is 10.1 Å². The molecule has 3 nitrogen and oxygen atoms in total. The third-order valence-corrected chi connectivity index (χ3v) is 3.70. The molecular formula is C17H19FN2O. The topological polar surface area (TPSA) is 56.0 Å². The van der Waals surface area contributed by atoms with Crippen LogP contribution in [0.2, 0.25) is 0 Å². The minimum atomic E-state index is -1.44. The first-order valence-electron chi connectivity index (χ1n) is 6.91. The Morgan fingerprint density at radius 3 is 2.57 bits per heavy atom. The van der Waals surface area contributed by atoms with E-state index in [9.17, 15) is 9.18 Å². The summed E-state index contributed by atoms with van der Waals surface area (Å²) in [7, 11) is 0. The molecule has 2 rings (SSSR count). The van der Waals surface area contributed by atoms with E-state index in [0.29, 0.717) is 23.4 Å². The van der Waals surface area contributed by atoms with Gasteiger partial charge in [0.2, 0.25) is 0 Å². The number of ketones is 1. The molecule has 21 heavy (non-hydrogen) atoms. The second-order valence-corrected chi connectivity index (χ2v) is 5.34. The van der Waals surface area contributed by atoms with E-state index in [4.69, 9.17) is 5.73 Å². The average molecular weight is 286 g/mol. The van der Waals surface area contributed by atoms with Crippen LogP contribution in [0, 0.1) is 0 Å². The number of aromatic nitrogens is 1. The Hall–Kier alpha value is -2.23. The maximum Gasteiger partial charge on any atom is 0.160 e. The molecule has 0 saturated carbocycles. The Kier molecular flexibility index (Phi) is 4.07. The second-order valence-electron chi connectivity index (χ2n) is 5.34. The fourth-order valence-electron chi connectivity index (χ4n) is 2.15. The largest absolute Gasteiger partial charge is 0.399 e. The highest BCUT2D eigenvalue weighted by atomic mass is 19.1. The summed E-state index contributed by atoms with van der Waals surface area (Å²) in [5, 5.41) is 0. The van der Waals surface area contributed by atoms with Crippen LogP contribution in [-0.2, 0) is 5.67 Å². The third kappa shape index (κ3) is 3.10. The van der Waals surface area contributed by atoms with Gasteiger partial charge in [0.05, 0.1) is 5.69 Å². The van der Waals surface area contributed by atoms with Crippen LogP contribution in [0.3, 0.4) is 0 Å². The van der Waals surface area contributed by atoms with Crippen molar-refractivity contribution < 1.29 is 9.18 Å². The molecule has 110 valence electrons. The van der Waals surface area contributed by atoms with Crippen molar-refractivity contribution in [3.8, 4) is 11.1 Å². The number of anilines is 1. The van der Waals surface area contributed by atoms with Crippen LogP contribution in [0.15, 0.2) is 36.5 Å². The van der Waals surface area contributed by atoms with Crippen LogP contribution in [0.25, 0.3) is 11.1 Å². The van der Waals surface area contributed by atoms with Crippen LogP contribution >= 0.6 is 0 Å². The lowest BCUT2D eigenvalue weighted by Crippen LogP contribution is -2.15. The van der Waals surface area contributed by atoms with Crippen molar-refractivity contribution in [2.24, 2.45) is 0 Å². The lowest BCUT2D eigenvalue weighted by molar-refractivity contribution is 0.101. The molecule has 0 saturated heterocycles. The summed E-state index contributed by atoms with van der Waals surface area (Å²) < 4.78 is 14.2. The van der Waals surface area contributed by atoms with E-state index >= 15 is 0 Å². The quantitative estimate of drug-likeness (QED) is 0.679. The Bertz CT molecular complexity index is 663. The zero-order valence-electron chi connectivity index (χ0n) is 12.5. The molecule has 0 aliphatic heterocycles. The van der Waals surface area contributed by atoms with Gasteiger partial charge in [-0.15, -0.1) is 0 Å². The highest BCUT2D eigenvalue weighted by Gasteiger charge is 2.24. The van der Waals surface area contributed by atoms with Gasteiger partial charge < -0.3 is 5.73 Å². The van der Waals surface area contributed by atoms with Crippen molar-refractivity contribution >= 4 is 11.5 Å². The maximum absolute atomic E-state index is 14.2. The number of nitrogens with two attached hydrogens (primary N) is 1. The molecular weight excluding hydrogens is 267 g/mol. The summed E-state index contributed by atoms with van der Waals surface area (Å²) in [5.41, 5.74) is 7.29. The summed E-state index contributed by atoms with van der Waals surface area (Å²) in [5.74, 6) is -0.0646. The molecule has 1 atom stereocenters. The van der Waals surface area contributed by atoms with E-state index in [2.05, 4.69) is 4.98 Å². The van der Waals surface area contributed by atoms with Crippen LogP contribution in [0.1, 0.15) is 43.2 Å². The molecule has 1 aromatic heterocycles. The minimum absolute atomic E-state index is 0.0646. The van der Waals surface area contributed by atoms with Crippen molar-refractivity contribution in [1.82, 2.24) is 4.98 Å². The van der Waals surface area contributed by atoms with Crippen molar-refractivity contribution in [3.63, 3.8) is 0 Å². The minimum Gasteiger partial charge on any atom is -0.399 e. The predicted octanol–water partition coefficient (Wildman–Crippen LogP) is 4.13. The van der Waals surface area contributed by atoms with Crippen LogP contribution in [0.5, 0.6) is 0 Å². The Labute approximate surface area is 124 Å². The number of hydrogen-bond acceptors (Lipinski definition) is 3. The summed E-state index contributed by atoms with van der Waals surface area (Å²) >= 11 is 0. The van der Waals surface area contributed by atoms with Crippen molar-refractivity contribution in [2.45, 2.75) is 32.9 Å². The van der Waals surface area contributed by atoms with Gasteiger partial charge in [0.15, 0.2) is 5.78 Å². The van der Waals surface area contributed by atoms with Crippen molar-refractivity contribution in [1.29, 1.82) is 0 Å². The first-order valence-corrected chi connectivity index (χ1v) is 6.91. The van der Waals surface area contributed by atoms with Gasteiger partial charge >= 0.3 is 0 Å². The first kappa shape index (κ1) is 15.2. The first-order chi connectivity index (χ1) is 9.85. The van der Waals surface area contributed by atoms with E-state index in [0.717, 1.165) is 11.1 Å². The number of nitrogen functional groups attached to an aromatic ring is 1. The van der Waals surface area contributed by atoms with E-state index in [1.54, 1.807) is 43.5 Å². The van der Waals surface area contributed by atoms with Gasteiger partial charge in [-0.3, -0.25) is 9.78 Å². The smallest absolute Gasteiger partial charge is 0.160 e. The molecule has 2 aromatic rings. The summed E-state index contributed by atoms with van der Waals surface area (Å²) in [6.45, 7) is 4.79. The number of hydrogen-bond donors (Lipinski definition) is 1. The van der Waals surface area contributed by atoms with Gasteiger partial charge in [-0.25, -0.2) is 4.39 Å². The van der Waals surface area contributed by atoms with Gasteiger partial charge in [-0.2, -0.15) is 0 Å². The molecule has 1 heterocycles. The number of nitrogens with zero attached hydrogens (tertiary/aromatic N) is 1. The van der Waals surface area contributed by atoms with Gasteiger partial charge in [-0.1, -0.05) is 19.1 Å². The second kappa shape index (κ2) is 5.64. The lowest BCUT2D eigenvalue weighted by Gasteiger charge is -2.17. The SMILES string of the molecule is CCC(C)(F)c1ccc(-c2ccc(N)cc2C(C)=O)cn1. The van der Waals surface area contributed by atoms with E-state index in [1.165, 1.54) is 13.8 Å². The predicted molar refractivity (Wildman–Crippen MR) is 82.8 cm³/mol. The monoisotopic (exact) mass is 286 g/mol. The molecule has 0 aliphatic rings. The molecule has 0 radical (unpaired) electrons. The molecule has 0 fully saturated rings. The zero-order valence-corrected chi connectivity index (χ0v) is 12.5. The van der Waals surface area contributed by atoms with E-state index in [-0.39, 0.29) is 5.78 Å². The number of carbonyl (C=O) groups excluding carboxylic acids is 1. The maximum atomic E-state index is 14.2.